The number of ketones is 1. The van der Waals surface area contributed by atoms with Crippen LogP contribution in [0.4, 0.5) is 0 Å². The van der Waals surface area contributed by atoms with Crippen LogP contribution >= 0.6 is 0 Å². The molecule has 0 amide bonds. The zero-order valence-corrected chi connectivity index (χ0v) is 15.0. The van der Waals surface area contributed by atoms with Crippen LogP contribution in [0.25, 0.3) is 0 Å². The van der Waals surface area contributed by atoms with Crippen molar-refractivity contribution in [1.82, 2.24) is 0 Å². The highest BCUT2D eigenvalue weighted by Gasteiger charge is 2.00. The number of aliphatic carboxylic acids is 1. The maximum absolute atomic E-state index is 11.7. The van der Waals surface area contributed by atoms with Gasteiger partial charge in [-0.25, -0.2) is 0 Å². The third-order valence-electron chi connectivity index (χ3n) is 4.08. The van der Waals surface area contributed by atoms with Gasteiger partial charge < -0.3 is 5.11 Å². The fourth-order valence-corrected chi connectivity index (χ4v) is 2.61. The lowest BCUT2D eigenvalue weighted by Crippen LogP contribution is -1.95. The number of allylic oxidation sites excluding steroid dienone is 2. The average Bonchev–Trinajstić information content (AvgIpc) is 2.52. The summed E-state index contributed by atoms with van der Waals surface area (Å²) >= 11 is 0. The van der Waals surface area contributed by atoms with Crippen LogP contribution in [0.1, 0.15) is 103 Å². The summed E-state index contributed by atoms with van der Waals surface area (Å²) in [5.74, 6) is -0.323. The minimum Gasteiger partial charge on any atom is -0.481 e. The van der Waals surface area contributed by atoms with Gasteiger partial charge in [0.2, 0.25) is 0 Å². The minimum atomic E-state index is -0.689. The van der Waals surface area contributed by atoms with Gasteiger partial charge in [0.25, 0.3) is 0 Å². The molecule has 0 saturated carbocycles. The van der Waals surface area contributed by atoms with E-state index in [0.717, 1.165) is 44.9 Å². The van der Waals surface area contributed by atoms with Crippen molar-refractivity contribution in [2.75, 3.05) is 0 Å². The highest BCUT2D eigenvalue weighted by molar-refractivity contribution is 5.79. The number of carbonyl (C=O) groups excluding carboxylic acids is 1. The summed E-state index contributed by atoms with van der Waals surface area (Å²) in [4.78, 5) is 22.0. The Balaban J connectivity index is 3.24. The van der Waals surface area contributed by atoms with Crippen LogP contribution in [0.5, 0.6) is 0 Å². The van der Waals surface area contributed by atoms with Gasteiger partial charge in [-0.15, -0.1) is 0 Å². The molecule has 0 aromatic heterocycles. The van der Waals surface area contributed by atoms with Crippen molar-refractivity contribution in [3.05, 3.63) is 12.2 Å². The first-order valence-corrected chi connectivity index (χ1v) is 9.55. The summed E-state index contributed by atoms with van der Waals surface area (Å²) in [6.45, 7) is 2.20. The Morgan fingerprint density at radius 2 is 1.30 bits per heavy atom. The third kappa shape index (κ3) is 18.8. The van der Waals surface area contributed by atoms with Crippen molar-refractivity contribution in [3.63, 3.8) is 0 Å². The molecular weight excluding hydrogens is 288 g/mol. The van der Waals surface area contributed by atoms with Crippen molar-refractivity contribution in [3.8, 4) is 0 Å². The van der Waals surface area contributed by atoms with Gasteiger partial charge in [-0.1, -0.05) is 70.4 Å². The quantitative estimate of drug-likeness (QED) is 0.261. The standard InChI is InChI=1S/C20H36O3/c1-2-3-4-5-10-13-16-19(21)17-14-11-8-6-7-9-12-15-18-20(22)23/h10,13H,2-9,11-12,14-18H2,1H3,(H,22,23). The Labute approximate surface area is 142 Å². The van der Waals surface area contributed by atoms with E-state index in [1.807, 2.05) is 6.08 Å². The van der Waals surface area contributed by atoms with Crippen molar-refractivity contribution >= 4 is 11.8 Å². The molecule has 0 spiro atoms. The number of Topliss-reactive ketones (excluding diaryl/α,β-unsaturated/α-hetero) is 1. The smallest absolute Gasteiger partial charge is 0.303 e. The number of carbonyl (C=O) groups is 2. The molecular formula is C20H36O3. The van der Waals surface area contributed by atoms with Crippen LogP contribution in [0.2, 0.25) is 0 Å². The Kier molecular flexibility index (Phi) is 16.4. The summed E-state index contributed by atoms with van der Waals surface area (Å²) in [6, 6.07) is 0. The number of hydrogen-bond acceptors (Lipinski definition) is 2. The Hall–Kier alpha value is -1.12. The summed E-state index contributed by atoms with van der Waals surface area (Å²) in [5, 5.41) is 8.53. The summed E-state index contributed by atoms with van der Waals surface area (Å²) in [6.07, 6.45) is 19.4. The lowest BCUT2D eigenvalue weighted by atomic mass is 10.0. The molecule has 0 bridgehead atoms. The maximum Gasteiger partial charge on any atom is 0.303 e. The van der Waals surface area contributed by atoms with Gasteiger partial charge in [0.05, 0.1) is 0 Å². The number of hydrogen-bond donors (Lipinski definition) is 1. The zero-order valence-electron chi connectivity index (χ0n) is 15.0. The highest BCUT2D eigenvalue weighted by atomic mass is 16.4. The molecule has 0 heterocycles. The van der Waals surface area contributed by atoms with Crippen LogP contribution in [0.3, 0.4) is 0 Å². The molecule has 0 rings (SSSR count). The summed E-state index contributed by atoms with van der Waals surface area (Å²) < 4.78 is 0. The van der Waals surface area contributed by atoms with E-state index in [1.165, 1.54) is 38.5 Å². The summed E-state index contributed by atoms with van der Waals surface area (Å²) in [7, 11) is 0. The monoisotopic (exact) mass is 324 g/mol. The maximum atomic E-state index is 11.7. The van der Waals surface area contributed by atoms with Crippen LogP contribution in [0, 0.1) is 0 Å². The van der Waals surface area contributed by atoms with E-state index in [-0.39, 0.29) is 0 Å². The van der Waals surface area contributed by atoms with Gasteiger partial charge >= 0.3 is 5.97 Å². The third-order valence-corrected chi connectivity index (χ3v) is 4.08. The predicted octanol–water partition coefficient (Wildman–Crippen LogP) is 6.07. The first-order chi connectivity index (χ1) is 11.2. The van der Waals surface area contributed by atoms with E-state index in [9.17, 15) is 9.59 Å². The molecule has 1 N–H and O–H groups in total. The van der Waals surface area contributed by atoms with E-state index in [4.69, 9.17) is 5.11 Å². The lowest BCUT2D eigenvalue weighted by Gasteiger charge is -2.01. The highest BCUT2D eigenvalue weighted by Crippen LogP contribution is 2.11. The van der Waals surface area contributed by atoms with Gasteiger partial charge in [0.15, 0.2) is 0 Å². The van der Waals surface area contributed by atoms with Gasteiger partial charge in [0, 0.05) is 19.3 Å². The fourth-order valence-electron chi connectivity index (χ4n) is 2.61. The van der Waals surface area contributed by atoms with Crippen LogP contribution in [-0.4, -0.2) is 16.9 Å². The molecule has 0 aliphatic rings. The van der Waals surface area contributed by atoms with Crippen LogP contribution in [0.15, 0.2) is 12.2 Å². The Morgan fingerprint density at radius 3 is 1.87 bits per heavy atom. The molecule has 0 aromatic carbocycles. The largest absolute Gasteiger partial charge is 0.481 e. The minimum absolute atomic E-state index is 0.301. The van der Waals surface area contributed by atoms with Crippen molar-refractivity contribution < 1.29 is 14.7 Å². The van der Waals surface area contributed by atoms with E-state index >= 15 is 0 Å². The molecule has 0 saturated heterocycles. The number of carboxylic acid groups (broad SMARTS) is 1. The van der Waals surface area contributed by atoms with Crippen LogP contribution < -0.4 is 0 Å². The molecule has 0 aliphatic carbocycles. The molecule has 0 radical (unpaired) electrons. The molecule has 0 fully saturated rings. The lowest BCUT2D eigenvalue weighted by molar-refractivity contribution is -0.137. The number of carboxylic acids is 1. The van der Waals surface area contributed by atoms with Gasteiger partial charge in [0.1, 0.15) is 5.78 Å². The van der Waals surface area contributed by atoms with Crippen LogP contribution in [-0.2, 0) is 9.59 Å². The zero-order chi connectivity index (χ0) is 17.2. The molecule has 134 valence electrons. The fraction of sp³-hybridized carbons (Fsp3) is 0.800. The van der Waals surface area contributed by atoms with E-state index in [1.54, 1.807) is 0 Å². The predicted molar refractivity (Wildman–Crippen MR) is 96.7 cm³/mol. The second-order valence-corrected chi connectivity index (χ2v) is 6.43. The molecule has 23 heavy (non-hydrogen) atoms. The Morgan fingerprint density at radius 1 is 0.739 bits per heavy atom. The van der Waals surface area contributed by atoms with Crippen molar-refractivity contribution in [1.29, 1.82) is 0 Å². The van der Waals surface area contributed by atoms with E-state index < -0.39 is 5.97 Å². The average molecular weight is 325 g/mol. The molecule has 3 nitrogen and oxygen atoms in total. The Bertz CT molecular complexity index is 321. The second-order valence-electron chi connectivity index (χ2n) is 6.43. The van der Waals surface area contributed by atoms with Gasteiger partial charge in [-0.05, 0) is 25.7 Å². The molecule has 0 atom stereocenters. The van der Waals surface area contributed by atoms with Gasteiger partial charge in [-0.3, -0.25) is 9.59 Å². The second kappa shape index (κ2) is 17.2. The number of rotatable bonds is 17. The first-order valence-electron chi connectivity index (χ1n) is 9.55. The molecule has 0 unspecified atom stereocenters. The SMILES string of the molecule is CCCCCC=CCC(=O)CCCCCCCCCCC(=O)O. The molecule has 0 aliphatic heterocycles. The van der Waals surface area contributed by atoms with Crippen molar-refractivity contribution in [2.24, 2.45) is 0 Å². The van der Waals surface area contributed by atoms with Crippen molar-refractivity contribution in [2.45, 2.75) is 103 Å². The number of unbranched alkanes of at least 4 members (excludes halogenated alkanes) is 10. The first kappa shape index (κ1) is 21.9. The normalized spacial score (nSPS) is 11.2. The molecule has 3 heteroatoms. The van der Waals surface area contributed by atoms with Gasteiger partial charge in [-0.2, -0.15) is 0 Å². The molecule has 0 aromatic rings. The van der Waals surface area contributed by atoms with E-state index in [0.29, 0.717) is 18.6 Å². The topological polar surface area (TPSA) is 54.4 Å². The van der Waals surface area contributed by atoms with E-state index in [2.05, 4.69) is 13.0 Å². The summed E-state index contributed by atoms with van der Waals surface area (Å²) in [5.41, 5.74) is 0.